The molecule has 0 unspecified atom stereocenters. The molecule has 3 aliphatic rings. The lowest BCUT2D eigenvalue weighted by molar-refractivity contribution is -0.147. The quantitative estimate of drug-likeness (QED) is 0.350. The van der Waals surface area contributed by atoms with E-state index in [0.717, 1.165) is 63.7 Å². The van der Waals surface area contributed by atoms with Crippen molar-refractivity contribution >= 4 is 57.1 Å². The van der Waals surface area contributed by atoms with Gasteiger partial charge in [0.1, 0.15) is 0 Å². The molecule has 9 nitrogen and oxygen atoms in total. The van der Waals surface area contributed by atoms with Crippen LogP contribution in [0.5, 0.6) is 0 Å². The molecular formula is C25H26ClN5O4S. The zero-order chi connectivity index (χ0) is 25.2. The molecule has 36 heavy (non-hydrogen) atoms. The van der Waals surface area contributed by atoms with Crippen LogP contribution in [0.15, 0.2) is 30.5 Å². The van der Waals surface area contributed by atoms with Crippen LogP contribution in [0.1, 0.15) is 16.9 Å². The Kier molecular flexibility index (Phi) is 7.20. The van der Waals surface area contributed by atoms with Gasteiger partial charge in [0.15, 0.2) is 0 Å². The number of amides is 2. The van der Waals surface area contributed by atoms with E-state index in [2.05, 4.69) is 38.7 Å². The third kappa shape index (κ3) is 4.69. The summed E-state index contributed by atoms with van der Waals surface area (Å²) in [4.78, 5) is 42.3. The van der Waals surface area contributed by atoms with Gasteiger partial charge >= 0.3 is 0 Å². The zero-order valence-corrected chi connectivity index (χ0v) is 21.1. The Morgan fingerprint density at radius 2 is 1.89 bits per heavy atom. The molecule has 2 amide bonds. The van der Waals surface area contributed by atoms with Crippen molar-refractivity contribution in [1.29, 1.82) is 0 Å². The van der Waals surface area contributed by atoms with E-state index in [0.29, 0.717) is 6.04 Å². The van der Waals surface area contributed by atoms with Crippen molar-refractivity contribution in [3.63, 3.8) is 0 Å². The number of rotatable bonds is 4. The summed E-state index contributed by atoms with van der Waals surface area (Å²) in [7, 11) is 0. The van der Waals surface area contributed by atoms with Crippen LogP contribution in [0.2, 0.25) is 5.02 Å². The van der Waals surface area contributed by atoms with E-state index in [-0.39, 0.29) is 37.9 Å². The van der Waals surface area contributed by atoms with Gasteiger partial charge in [-0.25, -0.2) is 0 Å². The lowest BCUT2D eigenvalue weighted by Gasteiger charge is -2.44. The van der Waals surface area contributed by atoms with Gasteiger partial charge < -0.3 is 15.3 Å². The third-order valence-corrected chi connectivity index (χ3v) is 8.07. The predicted octanol–water partition coefficient (Wildman–Crippen LogP) is 2.50. The zero-order valence-electron chi connectivity index (χ0n) is 19.5. The molecule has 3 aromatic rings. The van der Waals surface area contributed by atoms with Crippen molar-refractivity contribution in [3.05, 3.63) is 45.9 Å². The first-order valence-electron chi connectivity index (χ1n) is 11.8. The van der Waals surface area contributed by atoms with Gasteiger partial charge in [-0.3, -0.25) is 29.6 Å². The number of nitrogens with one attached hydrogen (secondary N) is 2. The predicted molar refractivity (Wildman–Crippen MR) is 140 cm³/mol. The number of carboxylic acid groups (broad SMARTS) is 1. The van der Waals surface area contributed by atoms with E-state index < -0.39 is 0 Å². The number of hydrogen-bond donors (Lipinski definition) is 3. The summed E-state index contributed by atoms with van der Waals surface area (Å²) < 4.78 is 1.06. The molecule has 0 spiro atoms. The normalized spacial score (nSPS) is 17.9. The van der Waals surface area contributed by atoms with E-state index in [1.165, 1.54) is 16.2 Å². The molecule has 0 aliphatic carbocycles. The van der Waals surface area contributed by atoms with Gasteiger partial charge in [-0.15, -0.1) is 11.3 Å². The number of aromatic nitrogens is 1. The van der Waals surface area contributed by atoms with Crippen LogP contribution in [-0.2, 0) is 27.3 Å². The minimum Gasteiger partial charge on any atom is -0.483 e. The number of piperazine rings is 1. The van der Waals surface area contributed by atoms with Gasteiger partial charge in [0.05, 0.1) is 35.9 Å². The van der Waals surface area contributed by atoms with Crippen molar-refractivity contribution in [3.8, 4) is 11.1 Å². The maximum absolute atomic E-state index is 12.3. The molecule has 3 N–H and O–H groups in total. The summed E-state index contributed by atoms with van der Waals surface area (Å²) in [5.41, 5.74) is 5.71. The van der Waals surface area contributed by atoms with Gasteiger partial charge in [0.25, 0.3) is 6.47 Å². The van der Waals surface area contributed by atoms with Crippen molar-refractivity contribution in [2.24, 2.45) is 0 Å². The second-order valence-electron chi connectivity index (χ2n) is 8.94. The first-order chi connectivity index (χ1) is 17.5. The summed E-state index contributed by atoms with van der Waals surface area (Å²) in [6.07, 6.45) is 3.99. The number of fused-ring (bicyclic) bond motifs is 2. The average Bonchev–Trinajstić information content (AvgIpc) is 3.23. The number of nitrogens with zero attached hydrogens (tertiary/aromatic N) is 3. The summed E-state index contributed by atoms with van der Waals surface area (Å²) in [5, 5.41) is 13.9. The molecule has 3 aliphatic heterocycles. The number of anilines is 1. The number of hydrogen-bond acceptors (Lipinski definition) is 8. The summed E-state index contributed by atoms with van der Waals surface area (Å²) in [6.45, 7) is 3.48. The van der Waals surface area contributed by atoms with Crippen molar-refractivity contribution < 1.29 is 19.5 Å². The van der Waals surface area contributed by atoms with Gasteiger partial charge in [-0.1, -0.05) is 11.6 Å². The molecule has 0 bridgehead atoms. The highest BCUT2D eigenvalue weighted by molar-refractivity contribution is 7.19. The first-order valence-corrected chi connectivity index (χ1v) is 13.0. The molecule has 11 heteroatoms. The SMILES string of the molecule is O=C1CNCC(=O)N1Cc1cc2nccc(-c3cc(Cl)cc4c3N(C3CNC3)CCC4)c2s1.O=CO. The molecule has 2 fully saturated rings. The fourth-order valence-electron chi connectivity index (χ4n) is 5.02. The summed E-state index contributed by atoms with van der Waals surface area (Å²) >= 11 is 8.19. The molecule has 0 saturated carbocycles. The van der Waals surface area contributed by atoms with Crippen LogP contribution in [0.4, 0.5) is 5.69 Å². The second-order valence-corrected chi connectivity index (χ2v) is 10.5. The van der Waals surface area contributed by atoms with Gasteiger partial charge in [0, 0.05) is 52.5 Å². The van der Waals surface area contributed by atoms with E-state index in [9.17, 15) is 9.59 Å². The molecule has 1 aromatic carbocycles. The Labute approximate surface area is 217 Å². The summed E-state index contributed by atoms with van der Waals surface area (Å²) in [5.74, 6) is -0.379. The Hall–Kier alpha value is -3.05. The van der Waals surface area contributed by atoms with Gasteiger partial charge in [-0.05, 0) is 42.7 Å². The maximum Gasteiger partial charge on any atom is 0.290 e. The molecule has 2 aromatic heterocycles. The number of carbonyl (C=O) groups is 3. The van der Waals surface area contributed by atoms with Crippen molar-refractivity contribution in [2.45, 2.75) is 25.4 Å². The van der Waals surface area contributed by atoms with Gasteiger partial charge in [0.2, 0.25) is 11.8 Å². The average molecular weight is 528 g/mol. The summed E-state index contributed by atoms with van der Waals surface area (Å²) in [6, 6.07) is 8.74. The molecular weight excluding hydrogens is 502 g/mol. The van der Waals surface area contributed by atoms with E-state index >= 15 is 0 Å². The first kappa shape index (κ1) is 24.6. The minimum absolute atomic E-state index is 0.189. The lowest BCUT2D eigenvalue weighted by Crippen LogP contribution is -2.58. The molecule has 0 radical (unpaired) electrons. The topological polar surface area (TPSA) is 115 Å². The number of pyridine rings is 1. The minimum atomic E-state index is -0.250. The molecule has 6 rings (SSSR count). The molecule has 5 heterocycles. The highest BCUT2D eigenvalue weighted by Gasteiger charge is 2.31. The van der Waals surface area contributed by atoms with Gasteiger partial charge in [-0.2, -0.15) is 0 Å². The number of thiophene rings is 1. The molecule has 2 saturated heterocycles. The van der Waals surface area contributed by atoms with Crippen molar-refractivity contribution in [2.75, 3.05) is 37.6 Å². The molecule has 188 valence electrons. The number of imide groups is 1. The fourth-order valence-corrected chi connectivity index (χ4v) is 6.39. The molecule has 0 atom stereocenters. The Bertz CT molecular complexity index is 1310. The number of benzene rings is 1. The van der Waals surface area contributed by atoms with Crippen LogP contribution >= 0.6 is 22.9 Å². The largest absolute Gasteiger partial charge is 0.483 e. The maximum atomic E-state index is 12.3. The van der Waals surface area contributed by atoms with E-state index in [4.69, 9.17) is 21.5 Å². The Morgan fingerprint density at radius 3 is 2.58 bits per heavy atom. The Morgan fingerprint density at radius 1 is 1.14 bits per heavy atom. The third-order valence-electron chi connectivity index (χ3n) is 6.71. The second kappa shape index (κ2) is 10.5. The van der Waals surface area contributed by atoms with Crippen LogP contribution in [0, 0.1) is 0 Å². The standard InChI is InChI=1S/C24H24ClN5O2S.CH2O2/c25-15-6-14-2-1-5-29(16-9-26-10-16)23(14)19(7-15)18-3-4-28-20-8-17(33-24(18)20)13-30-21(31)11-27-12-22(30)32;2-1-3/h3-4,6-8,16,26-27H,1-2,5,9-13H2;1H,(H,2,3). The highest BCUT2D eigenvalue weighted by atomic mass is 35.5. The number of aryl methyl sites for hydroxylation is 1. The van der Waals surface area contributed by atoms with Crippen molar-refractivity contribution in [1.82, 2.24) is 20.5 Å². The highest BCUT2D eigenvalue weighted by Crippen LogP contribution is 2.44. The van der Waals surface area contributed by atoms with E-state index in [1.807, 2.05) is 12.3 Å². The number of halogens is 1. The van der Waals surface area contributed by atoms with E-state index in [1.54, 1.807) is 11.3 Å². The Balaban J connectivity index is 0.000000848. The van der Waals surface area contributed by atoms with Crippen LogP contribution in [0.25, 0.3) is 21.3 Å². The van der Waals surface area contributed by atoms with Crippen LogP contribution in [-0.4, -0.2) is 72.0 Å². The fraction of sp³-hybridized carbons (Fsp3) is 0.360. The van der Waals surface area contributed by atoms with Crippen LogP contribution in [0.3, 0.4) is 0 Å². The lowest BCUT2D eigenvalue weighted by atomic mass is 9.92. The smallest absolute Gasteiger partial charge is 0.290 e. The monoisotopic (exact) mass is 527 g/mol. The number of carbonyl (C=O) groups excluding carboxylic acids is 2. The van der Waals surface area contributed by atoms with Crippen LogP contribution < -0.4 is 15.5 Å².